The summed E-state index contributed by atoms with van der Waals surface area (Å²) in [5, 5.41) is 0. The second kappa shape index (κ2) is 6.25. The van der Waals surface area contributed by atoms with Crippen molar-refractivity contribution in [1.29, 1.82) is 0 Å². The lowest BCUT2D eigenvalue weighted by atomic mass is 10.1. The van der Waals surface area contributed by atoms with Crippen LogP contribution in [-0.4, -0.2) is 10.7 Å². The fourth-order valence-corrected chi connectivity index (χ4v) is 4.01. The molecule has 0 radical (unpaired) electrons. The van der Waals surface area contributed by atoms with Crippen molar-refractivity contribution >= 4 is 38.9 Å². The third-order valence-corrected chi connectivity index (χ3v) is 5.21. The first kappa shape index (κ1) is 13.4. The van der Waals surface area contributed by atoms with Crippen molar-refractivity contribution < 1.29 is 0 Å². The molecule has 0 N–H and O–H groups in total. The number of rotatable bonds is 4. The maximum Gasteiger partial charge on any atom is 0.151 e. The second-order valence-electron chi connectivity index (χ2n) is 4.51. The van der Waals surface area contributed by atoms with E-state index < -0.39 is 0 Å². The summed E-state index contributed by atoms with van der Waals surface area (Å²) in [4.78, 5) is 4.63. The van der Waals surface area contributed by atoms with E-state index in [4.69, 9.17) is 0 Å². The minimum absolute atomic E-state index is 0.959. The fourth-order valence-electron chi connectivity index (χ4n) is 1.97. The van der Waals surface area contributed by atoms with Crippen LogP contribution in [-0.2, 0) is 0 Å². The Bertz CT molecular complexity index is 696. The molecule has 0 saturated carbocycles. The van der Waals surface area contributed by atoms with E-state index >= 15 is 0 Å². The summed E-state index contributed by atoms with van der Waals surface area (Å²) in [5.74, 6) is 0.959. The van der Waals surface area contributed by atoms with Gasteiger partial charge in [0.2, 0.25) is 0 Å². The Hall–Kier alpha value is -1.58. The molecule has 3 heteroatoms. The van der Waals surface area contributed by atoms with E-state index in [-0.39, 0.29) is 0 Å². The van der Waals surface area contributed by atoms with Gasteiger partial charge in [-0.1, -0.05) is 60.3 Å². The van der Waals surface area contributed by atoms with Crippen molar-refractivity contribution in [3.63, 3.8) is 0 Å². The summed E-state index contributed by atoms with van der Waals surface area (Å²) in [6.45, 7) is 2.16. The molecule has 0 aliphatic heterocycles. The third-order valence-electron chi connectivity index (χ3n) is 3.10. The molecule has 3 aromatic rings. The summed E-state index contributed by atoms with van der Waals surface area (Å²) < 4.78 is 2.40. The largest absolute Gasteiger partial charge is 0.230 e. The molecule has 0 amide bonds. The first-order valence-corrected chi connectivity index (χ1v) is 8.34. The van der Waals surface area contributed by atoms with E-state index in [1.807, 2.05) is 12.1 Å². The van der Waals surface area contributed by atoms with Gasteiger partial charge in [0.25, 0.3) is 0 Å². The number of thioether (sulfide) groups is 1. The zero-order chi connectivity index (χ0) is 13.8. The number of aromatic nitrogens is 1. The Balaban J connectivity index is 1.67. The molecule has 1 heterocycles. The Labute approximate surface area is 127 Å². The highest BCUT2D eigenvalue weighted by molar-refractivity contribution is 8.01. The summed E-state index contributed by atoms with van der Waals surface area (Å²) in [7, 11) is 0. The van der Waals surface area contributed by atoms with Gasteiger partial charge in [-0.25, -0.2) is 4.98 Å². The second-order valence-corrected chi connectivity index (χ2v) is 6.81. The van der Waals surface area contributed by atoms with E-state index in [1.165, 1.54) is 15.8 Å². The molecular weight excluding hydrogens is 282 g/mol. The minimum Gasteiger partial charge on any atom is -0.230 e. The highest BCUT2D eigenvalue weighted by Gasteiger charge is 2.02. The topological polar surface area (TPSA) is 12.9 Å². The van der Waals surface area contributed by atoms with Crippen LogP contribution in [0.25, 0.3) is 15.8 Å². The maximum absolute atomic E-state index is 4.63. The number of para-hydroxylation sites is 1. The number of thiazole rings is 1. The molecule has 20 heavy (non-hydrogen) atoms. The molecule has 0 spiro atoms. The van der Waals surface area contributed by atoms with Gasteiger partial charge in [-0.3, -0.25) is 0 Å². The monoisotopic (exact) mass is 297 g/mol. The van der Waals surface area contributed by atoms with Crippen LogP contribution in [0.5, 0.6) is 0 Å². The van der Waals surface area contributed by atoms with Crippen molar-refractivity contribution in [3.05, 3.63) is 66.2 Å². The third kappa shape index (κ3) is 3.11. The molecule has 1 nitrogen and oxygen atoms in total. The lowest BCUT2D eigenvalue weighted by molar-refractivity contribution is 1.30. The molecular formula is C17H15NS2. The predicted octanol–water partition coefficient (Wildman–Crippen LogP) is 5.49. The molecule has 0 saturated heterocycles. The lowest BCUT2D eigenvalue weighted by Crippen LogP contribution is -1.80. The lowest BCUT2D eigenvalue weighted by Gasteiger charge is -2.00. The van der Waals surface area contributed by atoms with Gasteiger partial charge in [-0.05, 0) is 30.2 Å². The molecule has 1 aromatic heterocycles. The van der Waals surface area contributed by atoms with E-state index in [2.05, 4.69) is 60.4 Å². The normalized spacial score (nSPS) is 11.9. The van der Waals surface area contributed by atoms with Gasteiger partial charge >= 0.3 is 0 Å². The smallest absolute Gasteiger partial charge is 0.151 e. The summed E-state index contributed by atoms with van der Waals surface area (Å²) in [6.07, 6.45) is 2.27. The number of hydrogen-bond acceptors (Lipinski definition) is 3. The van der Waals surface area contributed by atoms with Crippen molar-refractivity contribution in [1.82, 2.24) is 4.98 Å². The van der Waals surface area contributed by atoms with Crippen LogP contribution >= 0.6 is 23.1 Å². The summed E-state index contributed by atoms with van der Waals surface area (Å²) in [6, 6.07) is 18.8. The molecule has 0 atom stereocenters. The van der Waals surface area contributed by atoms with Crippen LogP contribution in [0.2, 0.25) is 0 Å². The quantitative estimate of drug-likeness (QED) is 0.590. The van der Waals surface area contributed by atoms with Crippen molar-refractivity contribution in [2.75, 3.05) is 5.75 Å². The van der Waals surface area contributed by atoms with Crippen LogP contribution < -0.4 is 0 Å². The highest BCUT2D eigenvalue weighted by atomic mass is 32.2. The Kier molecular flexibility index (Phi) is 4.19. The van der Waals surface area contributed by atoms with Crippen LogP contribution in [0, 0.1) is 0 Å². The first-order chi connectivity index (χ1) is 9.83. The van der Waals surface area contributed by atoms with Gasteiger partial charge in [-0.2, -0.15) is 0 Å². The van der Waals surface area contributed by atoms with Crippen molar-refractivity contribution in [3.8, 4) is 0 Å². The number of benzene rings is 2. The predicted molar refractivity (Wildman–Crippen MR) is 90.4 cm³/mol. The highest BCUT2D eigenvalue weighted by Crippen LogP contribution is 2.29. The molecule has 3 rings (SSSR count). The van der Waals surface area contributed by atoms with Crippen molar-refractivity contribution in [2.45, 2.75) is 11.3 Å². The van der Waals surface area contributed by atoms with Crippen LogP contribution in [0.15, 0.2) is 65.0 Å². The Morgan fingerprint density at radius 2 is 1.85 bits per heavy atom. The molecule has 0 bridgehead atoms. The molecule has 2 aromatic carbocycles. The molecule has 100 valence electrons. The van der Waals surface area contributed by atoms with E-state index in [0.717, 1.165) is 15.6 Å². The molecule has 0 fully saturated rings. The summed E-state index contributed by atoms with van der Waals surface area (Å²) >= 11 is 3.57. The van der Waals surface area contributed by atoms with Crippen molar-refractivity contribution in [2.24, 2.45) is 0 Å². The average Bonchev–Trinajstić information content (AvgIpc) is 2.90. The molecule has 0 aliphatic carbocycles. The number of nitrogens with zero attached hydrogens (tertiary/aromatic N) is 1. The van der Waals surface area contributed by atoms with Gasteiger partial charge < -0.3 is 0 Å². The minimum atomic E-state index is 0.959. The van der Waals surface area contributed by atoms with Gasteiger partial charge in [0.05, 0.1) is 10.2 Å². The number of allylic oxidation sites excluding steroid dienone is 1. The van der Waals surface area contributed by atoms with Crippen LogP contribution in [0.4, 0.5) is 0 Å². The van der Waals surface area contributed by atoms with Gasteiger partial charge in [-0.15, -0.1) is 11.3 Å². The van der Waals surface area contributed by atoms with Gasteiger partial charge in [0, 0.05) is 5.75 Å². The maximum atomic E-state index is 4.63. The van der Waals surface area contributed by atoms with E-state index in [0.29, 0.717) is 0 Å². The average molecular weight is 297 g/mol. The Morgan fingerprint density at radius 1 is 1.10 bits per heavy atom. The van der Waals surface area contributed by atoms with Crippen LogP contribution in [0.3, 0.4) is 0 Å². The molecule has 0 unspecified atom stereocenters. The number of hydrogen-bond donors (Lipinski definition) is 0. The number of fused-ring (bicyclic) bond motifs is 1. The first-order valence-electron chi connectivity index (χ1n) is 6.53. The Morgan fingerprint density at radius 3 is 2.65 bits per heavy atom. The standard InChI is InChI=1S/C17H15NS2/c1-13(14-7-3-2-4-8-14)11-12-19-17-18-15-9-5-6-10-16(15)20-17/h2-11H,12H2,1H3. The summed E-state index contributed by atoms with van der Waals surface area (Å²) in [5.41, 5.74) is 3.71. The van der Waals surface area contributed by atoms with E-state index in [1.54, 1.807) is 23.1 Å². The zero-order valence-corrected chi connectivity index (χ0v) is 12.9. The SMILES string of the molecule is CC(=CCSc1nc2ccccc2s1)c1ccccc1. The van der Waals surface area contributed by atoms with E-state index in [9.17, 15) is 0 Å². The molecule has 0 aliphatic rings. The zero-order valence-electron chi connectivity index (χ0n) is 11.2. The van der Waals surface area contributed by atoms with Crippen LogP contribution in [0.1, 0.15) is 12.5 Å². The van der Waals surface area contributed by atoms with Gasteiger partial charge in [0.15, 0.2) is 4.34 Å². The van der Waals surface area contributed by atoms with Gasteiger partial charge in [0.1, 0.15) is 0 Å². The fraction of sp³-hybridized carbons (Fsp3) is 0.118.